The first-order valence-electron chi connectivity index (χ1n) is 13.7. The molecule has 1 fully saturated rings. The molecule has 0 spiro atoms. The van der Waals surface area contributed by atoms with Gasteiger partial charge in [-0.1, -0.05) is 44.2 Å². The minimum atomic E-state index is -0.993. The first-order valence-corrected chi connectivity index (χ1v) is 13.7. The number of nitrogens with zero attached hydrogens (tertiary/aromatic N) is 1. The van der Waals surface area contributed by atoms with E-state index in [-0.39, 0.29) is 25.6 Å². The highest BCUT2D eigenvalue weighted by Gasteiger charge is 2.45. The molecule has 2 aromatic rings. The molecule has 0 bridgehead atoms. The fourth-order valence-corrected chi connectivity index (χ4v) is 4.71. The maximum atomic E-state index is 11.9. The van der Waals surface area contributed by atoms with E-state index in [1.165, 1.54) is 20.8 Å². The number of hydrogen-bond donors (Lipinski definition) is 2. The Morgan fingerprint density at radius 2 is 1.88 bits per heavy atom. The number of aromatic amines is 1. The smallest absolute Gasteiger partial charge is 0.303 e. The van der Waals surface area contributed by atoms with Gasteiger partial charge in [-0.3, -0.25) is 19.5 Å². The summed E-state index contributed by atoms with van der Waals surface area (Å²) in [6.07, 6.45) is 1.35. The van der Waals surface area contributed by atoms with Crippen LogP contribution in [0.25, 0.3) is 6.08 Å². The molecule has 41 heavy (non-hydrogen) atoms. The van der Waals surface area contributed by atoms with Crippen molar-refractivity contribution in [3.05, 3.63) is 52.2 Å². The SMILES string of the molecule is CC(=O)OCC1OC(Oc2n[nH]c(C(C)C)c2Cc2ccc(C=CCCO)cc2C)CC(OC(C)=O)C1OC(C)=O. The highest BCUT2D eigenvalue weighted by Crippen LogP contribution is 2.33. The van der Waals surface area contributed by atoms with E-state index in [9.17, 15) is 14.4 Å². The van der Waals surface area contributed by atoms with Gasteiger partial charge in [0.25, 0.3) is 0 Å². The van der Waals surface area contributed by atoms with E-state index in [2.05, 4.69) is 36.2 Å². The molecule has 1 saturated heterocycles. The van der Waals surface area contributed by atoms with Crippen molar-refractivity contribution in [2.75, 3.05) is 13.2 Å². The quantitative estimate of drug-likeness (QED) is 0.285. The Labute approximate surface area is 240 Å². The highest BCUT2D eigenvalue weighted by atomic mass is 16.7. The van der Waals surface area contributed by atoms with Gasteiger partial charge in [-0.2, -0.15) is 0 Å². The van der Waals surface area contributed by atoms with Gasteiger partial charge in [-0.25, -0.2) is 0 Å². The normalized spacial score (nSPS) is 20.7. The van der Waals surface area contributed by atoms with Crippen LogP contribution in [0.5, 0.6) is 5.88 Å². The lowest BCUT2D eigenvalue weighted by Gasteiger charge is -2.39. The summed E-state index contributed by atoms with van der Waals surface area (Å²) >= 11 is 0. The average Bonchev–Trinajstić information content (AvgIpc) is 3.27. The Hall–Kier alpha value is -3.70. The summed E-state index contributed by atoms with van der Waals surface area (Å²) in [4.78, 5) is 35.2. The van der Waals surface area contributed by atoms with Crippen LogP contribution in [-0.2, 0) is 39.8 Å². The van der Waals surface area contributed by atoms with Crippen LogP contribution in [0.1, 0.15) is 81.3 Å². The first kappa shape index (κ1) is 31.8. The fourth-order valence-electron chi connectivity index (χ4n) is 4.71. The third-order valence-electron chi connectivity index (χ3n) is 6.58. The Balaban J connectivity index is 1.88. The molecule has 224 valence electrons. The van der Waals surface area contributed by atoms with Gasteiger partial charge >= 0.3 is 17.9 Å². The second-order valence-corrected chi connectivity index (χ2v) is 10.3. The summed E-state index contributed by atoms with van der Waals surface area (Å²) < 4.78 is 28.4. The lowest BCUT2D eigenvalue weighted by Crippen LogP contribution is -2.54. The van der Waals surface area contributed by atoms with Gasteiger partial charge in [0, 0.05) is 45.1 Å². The molecule has 11 heteroatoms. The molecule has 4 unspecified atom stereocenters. The van der Waals surface area contributed by atoms with E-state index < -0.39 is 42.5 Å². The molecular weight excluding hydrogens is 532 g/mol. The molecule has 1 aliphatic heterocycles. The molecule has 1 aromatic heterocycles. The van der Waals surface area contributed by atoms with E-state index in [1.807, 2.05) is 25.1 Å². The van der Waals surface area contributed by atoms with Gasteiger partial charge in [0.15, 0.2) is 6.10 Å². The molecule has 2 N–H and O–H groups in total. The molecular formula is C30H40N2O9. The van der Waals surface area contributed by atoms with Crippen molar-refractivity contribution >= 4 is 24.0 Å². The summed E-state index contributed by atoms with van der Waals surface area (Å²) in [5.41, 5.74) is 4.99. The van der Waals surface area contributed by atoms with Crippen molar-refractivity contribution in [1.29, 1.82) is 0 Å². The van der Waals surface area contributed by atoms with Gasteiger partial charge in [-0.15, -0.1) is 5.10 Å². The number of ether oxygens (including phenoxy) is 5. The number of hydrogen-bond acceptors (Lipinski definition) is 10. The van der Waals surface area contributed by atoms with Gasteiger partial charge < -0.3 is 28.8 Å². The summed E-state index contributed by atoms with van der Waals surface area (Å²) in [6.45, 7) is 9.77. The topological polar surface area (TPSA) is 146 Å². The number of carbonyl (C=O) groups is 3. The molecule has 2 heterocycles. The number of rotatable bonds is 12. The van der Waals surface area contributed by atoms with Crippen LogP contribution >= 0.6 is 0 Å². The van der Waals surface area contributed by atoms with Crippen molar-refractivity contribution < 1.29 is 43.2 Å². The van der Waals surface area contributed by atoms with Crippen molar-refractivity contribution in [3.8, 4) is 5.88 Å². The molecule has 1 aliphatic rings. The molecule has 1 aromatic carbocycles. The third kappa shape index (κ3) is 9.15. The number of aliphatic hydroxyl groups is 1. The number of benzene rings is 1. The van der Waals surface area contributed by atoms with Crippen molar-refractivity contribution in [1.82, 2.24) is 10.2 Å². The summed E-state index contributed by atoms with van der Waals surface area (Å²) in [6, 6.07) is 6.16. The molecule has 3 rings (SSSR count). The predicted octanol–water partition coefficient (Wildman–Crippen LogP) is 3.75. The molecule has 0 amide bonds. The first-order chi connectivity index (χ1) is 19.5. The Morgan fingerprint density at radius 3 is 2.49 bits per heavy atom. The number of nitrogens with one attached hydrogen (secondary N) is 1. The monoisotopic (exact) mass is 572 g/mol. The van der Waals surface area contributed by atoms with E-state index >= 15 is 0 Å². The van der Waals surface area contributed by atoms with Crippen molar-refractivity contribution in [3.63, 3.8) is 0 Å². The second kappa shape index (κ2) is 14.8. The fraction of sp³-hybridized carbons (Fsp3) is 0.533. The van der Waals surface area contributed by atoms with Gasteiger partial charge in [0.05, 0.1) is 6.42 Å². The van der Waals surface area contributed by atoms with Crippen LogP contribution < -0.4 is 4.74 Å². The Kier molecular flexibility index (Phi) is 11.5. The molecule has 0 saturated carbocycles. The zero-order chi connectivity index (χ0) is 30.1. The second-order valence-electron chi connectivity index (χ2n) is 10.3. The Bertz CT molecular complexity index is 1240. The van der Waals surface area contributed by atoms with E-state index in [4.69, 9.17) is 28.8 Å². The summed E-state index contributed by atoms with van der Waals surface area (Å²) in [7, 11) is 0. The number of esters is 3. The lowest BCUT2D eigenvalue weighted by molar-refractivity contribution is -0.246. The predicted molar refractivity (Wildman–Crippen MR) is 149 cm³/mol. The number of carbonyl (C=O) groups excluding carboxylic acids is 3. The van der Waals surface area contributed by atoms with Crippen molar-refractivity contribution in [2.45, 2.75) is 91.3 Å². The minimum absolute atomic E-state index is 0.0608. The third-order valence-corrected chi connectivity index (χ3v) is 6.58. The number of aryl methyl sites for hydroxylation is 1. The molecule has 0 radical (unpaired) electrons. The van der Waals surface area contributed by atoms with Crippen LogP contribution in [0.4, 0.5) is 0 Å². The molecule has 11 nitrogen and oxygen atoms in total. The number of aliphatic hydroxyl groups excluding tert-OH is 1. The summed E-state index contributed by atoms with van der Waals surface area (Å²) in [5, 5.41) is 16.5. The standard InChI is InChI=1S/C30H40N2O9/c1-17(2)28-24(14-23-11-10-22(13-18(23)3)9-7-8-12-33)30(32-31-28)41-27-15-25(38-20(5)35)29(39-21(6)36)26(40-27)16-37-19(4)34/h7,9-11,13,17,25-27,29,33H,8,12,14-16H2,1-6H3,(H,31,32). The maximum Gasteiger partial charge on any atom is 0.303 e. The van der Waals surface area contributed by atoms with Crippen LogP contribution in [0.3, 0.4) is 0 Å². The zero-order valence-corrected chi connectivity index (χ0v) is 24.5. The van der Waals surface area contributed by atoms with Gasteiger partial charge in [0.2, 0.25) is 12.2 Å². The molecule has 4 atom stereocenters. The summed E-state index contributed by atoms with van der Waals surface area (Å²) in [5.74, 6) is -1.23. The Morgan fingerprint density at radius 1 is 1.15 bits per heavy atom. The lowest BCUT2D eigenvalue weighted by atomic mass is 9.95. The van der Waals surface area contributed by atoms with Crippen molar-refractivity contribution in [2.24, 2.45) is 0 Å². The molecule has 0 aliphatic carbocycles. The van der Waals surface area contributed by atoms with Gasteiger partial charge in [-0.05, 0) is 36.0 Å². The van der Waals surface area contributed by atoms with Crippen LogP contribution in [0.2, 0.25) is 0 Å². The number of H-pyrrole nitrogens is 1. The average molecular weight is 573 g/mol. The minimum Gasteiger partial charge on any atom is -0.463 e. The van der Waals surface area contributed by atoms with E-state index in [1.54, 1.807) is 0 Å². The van der Waals surface area contributed by atoms with E-state index in [0.29, 0.717) is 18.7 Å². The van der Waals surface area contributed by atoms with E-state index in [0.717, 1.165) is 27.9 Å². The van der Waals surface area contributed by atoms with Crippen LogP contribution in [0, 0.1) is 6.92 Å². The van der Waals surface area contributed by atoms with Crippen LogP contribution in [0.15, 0.2) is 24.3 Å². The largest absolute Gasteiger partial charge is 0.463 e. The number of aromatic nitrogens is 2. The van der Waals surface area contributed by atoms with Gasteiger partial charge in [0.1, 0.15) is 18.8 Å². The maximum absolute atomic E-state index is 11.9. The highest BCUT2D eigenvalue weighted by molar-refractivity contribution is 5.67. The zero-order valence-electron chi connectivity index (χ0n) is 24.5. The van der Waals surface area contributed by atoms with Crippen LogP contribution in [-0.4, -0.2) is 71.0 Å².